The maximum Gasteiger partial charge on any atom is 0.165 e. The number of nitrogens with one attached hydrogen (secondary N) is 1. The molecule has 0 aromatic heterocycles. The zero-order valence-electron chi connectivity index (χ0n) is 12.4. The molecule has 1 N–H and O–H groups in total. The highest BCUT2D eigenvalue weighted by atomic mass is 79.9. The third-order valence-electron chi connectivity index (χ3n) is 3.55. The van der Waals surface area contributed by atoms with Crippen LogP contribution < -0.4 is 10.1 Å². The van der Waals surface area contributed by atoms with Crippen LogP contribution in [0.3, 0.4) is 0 Å². The summed E-state index contributed by atoms with van der Waals surface area (Å²) in [6.45, 7) is 4.16. The molecule has 2 aromatic rings. The van der Waals surface area contributed by atoms with Crippen molar-refractivity contribution in [2.45, 2.75) is 25.9 Å². The minimum absolute atomic E-state index is 0.0848. The van der Waals surface area contributed by atoms with Crippen LogP contribution in [0, 0.1) is 5.82 Å². The molecule has 0 aliphatic heterocycles. The summed E-state index contributed by atoms with van der Waals surface area (Å²) in [5.74, 6) is -0.0676. The van der Waals surface area contributed by atoms with Gasteiger partial charge in [-0.3, -0.25) is 0 Å². The fraction of sp³-hybridized carbons (Fsp3) is 0.294. The number of hydrogen-bond donors (Lipinski definition) is 1. The zero-order chi connectivity index (χ0) is 15.4. The molecule has 0 bridgehead atoms. The first-order valence-electron chi connectivity index (χ1n) is 6.87. The van der Waals surface area contributed by atoms with Crippen molar-refractivity contribution in [3.63, 3.8) is 0 Å². The van der Waals surface area contributed by atoms with Gasteiger partial charge in [0.2, 0.25) is 0 Å². The van der Waals surface area contributed by atoms with E-state index in [1.807, 2.05) is 18.2 Å². The summed E-state index contributed by atoms with van der Waals surface area (Å²) in [5.41, 5.74) is 2.19. The lowest BCUT2D eigenvalue weighted by atomic mass is 10.0. The molecule has 2 aromatic carbocycles. The van der Waals surface area contributed by atoms with E-state index in [0.717, 1.165) is 10.0 Å². The first kappa shape index (κ1) is 16.0. The summed E-state index contributed by atoms with van der Waals surface area (Å²) in [4.78, 5) is 0. The Morgan fingerprint density at radius 2 is 1.81 bits per heavy atom. The van der Waals surface area contributed by atoms with Crippen molar-refractivity contribution >= 4 is 15.9 Å². The van der Waals surface area contributed by atoms with Gasteiger partial charge < -0.3 is 10.1 Å². The Bertz CT molecular complexity index is 617. The van der Waals surface area contributed by atoms with Crippen molar-refractivity contribution in [2.75, 3.05) is 7.11 Å². The smallest absolute Gasteiger partial charge is 0.165 e. The van der Waals surface area contributed by atoms with Crippen molar-refractivity contribution in [2.24, 2.45) is 0 Å². The Labute approximate surface area is 133 Å². The summed E-state index contributed by atoms with van der Waals surface area (Å²) in [5, 5.41) is 3.52. The second-order valence-corrected chi connectivity index (χ2v) is 5.88. The molecule has 2 rings (SSSR count). The van der Waals surface area contributed by atoms with Crippen LogP contribution in [0.1, 0.15) is 37.1 Å². The zero-order valence-corrected chi connectivity index (χ0v) is 13.9. The molecule has 0 fully saturated rings. The molecular formula is C17H19BrFNO. The van der Waals surface area contributed by atoms with Gasteiger partial charge in [0.15, 0.2) is 11.6 Å². The summed E-state index contributed by atoms with van der Waals surface area (Å²) in [6.07, 6.45) is 0. The standard InChI is InChI=1S/C17H19BrFNO/c1-11(13-8-9-16(19)17(10-13)21-3)20-12(2)14-6-4-5-7-15(14)18/h4-12,20H,1-3H3/t11?,12-/m0/s1. The van der Waals surface area contributed by atoms with Crippen LogP contribution in [0.2, 0.25) is 0 Å². The van der Waals surface area contributed by atoms with E-state index in [2.05, 4.69) is 41.2 Å². The van der Waals surface area contributed by atoms with Gasteiger partial charge in [0.05, 0.1) is 7.11 Å². The van der Waals surface area contributed by atoms with Crippen LogP contribution in [-0.2, 0) is 0 Å². The normalized spacial score (nSPS) is 13.8. The van der Waals surface area contributed by atoms with Crippen molar-refractivity contribution in [1.82, 2.24) is 5.32 Å². The molecule has 0 saturated carbocycles. The molecule has 0 saturated heterocycles. The highest BCUT2D eigenvalue weighted by Crippen LogP contribution is 2.27. The molecule has 2 atom stereocenters. The van der Waals surface area contributed by atoms with E-state index in [0.29, 0.717) is 0 Å². The molecule has 1 unspecified atom stereocenters. The van der Waals surface area contributed by atoms with Gasteiger partial charge in [-0.05, 0) is 43.2 Å². The van der Waals surface area contributed by atoms with Gasteiger partial charge in [0.25, 0.3) is 0 Å². The summed E-state index contributed by atoms with van der Waals surface area (Å²) >= 11 is 3.57. The first-order valence-corrected chi connectivity index (χ1v) is 7.66. The number of ether oxygens (including phenoxy) is 1. The number of rotatable bonds is 5. The Morgan fingerprint density at radius 3 is 2.48 bits per heavy atom. The van der Waals surface area contributed by atoms with Crippen molar-refractivity contribution in [1.29, 1.82) is 0 Å². The predicted molar refractivity (Wildman–Crippen MR) is 87.1 cm³/mol. The van der Waals surface area contributed by atoms with E-state index in [4.69, 9.17) is 4.74 Å². The van der Waals surface area contributed by atoms with Gasteiger partial charge >= 0.3 is 0 Å². The average molecular weight is 352 g/mol. The summed E-state index contributed by atoms with van der Waals surface area (Å²) in [6, 6.07) is 13.3. The first-order chi connectivity index (χ1) is 10.0. The fourth-order valence-electron chi connectivity index (χ4n) is 2.33. The third-order valence-corrected chi connectivity index (χ3v) is 4.27. The highest BCUT2D eigenvalue weighted by Gasteiger charge is 2.14. The lowest BCUT2D eigenvalue weighted by molar-refractivity contribution is 0.384. The molecule has 2 nitrogen and oxygen atoms in total. The molecule has 0 amide bonds. The molecule has 0 heterocycles. The summed E-state index contributed by atoms with van der Waals surface area (Å²) < 4.78 is 19.6. The molecule has 0 aliphatic carbocycles. The van der Waals surface area contributed by atoms with Crippen LogP contribution >= 0.6 is 15.9 Å². The van der Waals surface area contributed by atoms with Gasteiger partial charge in [-0.2, -0.15) is 0 Å². The molecule has 112 valence electrons. The Morgan fingerprint density at radius 1 is 1.10 bits per heavy atom. The topological polar surface area (TPSA) is 21.3 Å². The lowest BCUT2D eigenvalue weighted by Crippen LogP contribution is -2.22. The van der Waals surface area contributed by atoms with E-state index in [1.54, 1.807) is 12.1 Å². The van der Waals surface area contributed by atoms with Gasteiger partial charge in [0, 0.05) is 16.6 Å². The molecule has 0 aliphatic rings. The van der Waals surface area contributed by atoms with Gasteiger partial charge in [-0.25, -0.2) is 4.39 Å². The highest BCUT2D eigenvalue weighted by molar-refractivity contribution is 9.10. The number of halogens is 2. The SMILES string of the molecule is COc1cc(C(C)N[C@@H](C)c2ccccc2Br)ccc1F. The largest absolute Gasteiger partial charge is 0.494 e. The number of methoxy groups -OCH3 is 1. The van der Waals surface area contributed by atoms with Crippen LogP contribution in [0.4, 0.5) is 4.39 Å². The molecule has 0 spiro atoms. The van der Waals surface area contributed by atoms with Crippen LogP contribution in [0.5, 0.6) is 5.75 Å². The average Bonchev–Trinajstić information content (AvgIpc) is 2.48. The van der Waals surface area contributed by atoms with Gasteiger partial charge in [0.1, 0.15) is 0 Å². The van der Waals surface area contributed by atoms with E-state index in [9.17, 15) is 4.39 Å². The monoisotopic (exact) mass is 351 g/mol. The van der Waals surface area contributed by atoms with Crippen LogP contribution in [0.15, 0.2) is 46.9 Å². The predicted octanol–water partition coefficient (Wildman–Crippen LogP) is 5.01. The van der Waals surface area contributed by atoms with Gasteiger partial charge in [-0.1, -0.05) is 40.2 Å². The molecule has 4 heteroatoms. The van der Waals surface area contributed by atoms with Crippen LogP contribution in [0.25, 0.3) is 0 Å². The quantitative estimate of drug-likeness (QED) is 0.817. The van der Waals surface area contributed by atoms with Crippen molar-refractivity contribution in [3.05, 3.63) is 63.9 Å². The van der Waals surface area contributed by atoms with Crippen molar-refractivity contribution in [3.8, 4) is 5.75 Å². The minimum atomic E-state index is -0.340. The van der Waals surface area contributed by atoms with Crippen molar-refractivity contribution < 1.29 is 9.13 Å². The van der Waals surface area contributed by atoms with E-state index in [1.165, 1.54) is 18.7 Å². The van der Waals surface area contributed by atoms with Gasteiger partial charge in [-0.15, -0.1) is 0 Å². The lowest BCUT2D eigenvalue weighted by Gasteiger charge is -2.22. The minimum Gasteiger partial charge on any atom is -0.494 e. The molecule has 21 heavy (non-hydrogen) atoms. The second kappa shape index (κ2) is 7.05. The molecular weight excluding hydrogens is 333 g/mol. The van der Waals surface area contributed by atoms with Crippen LogP contribution in [-0.4, -0.2) is 7.11 Å². The Hall–Kier alpha value is -1.39. The summed E-state index contributed by atoms with van der Waals surface area (Å²) in [7, 11) is 1.48. The number of benzene rings is 2. The van der Waals surface area contributed by atoms with E-state index >= 15 is 0 Å². The fourth-order valence-corrected chi connectivity index (χ4v) is 2.96. The Balaban J connectivity index is 2.14. The number of hydrogen-bond acceptors (Lipinski definition) is 2. The van der Waals surface area contributed by atoms with E-state index < -0.39 is 0 Å². The Kier molecular flexibility index (Phi) is 5.37. The maximum absolute atomic E-state index is 13.5. The van der Waals surface area contributed by atoms with E-state index in [-0.39, 0.29) is 23.7 Å². The maximum atomic E-state index is 13.5. The second-order valence-electron chi connectivity index (χ2n) is 5.03. The third kappa shape index (κ3) is 3.83. The molecule has 0 radical (unpaired) electrons.